The monoisotopic (exact) mass is 272 g/mol. The number of hydrogen-bond acceptors (Lipinski definition) is 4. The zero-order valence-corrected chi connectivity index (χ0v) is 9.98. The second kappa shape index (κ2) is 4.14. The van der Waals surface area contributed by atoms with Gasteiger partial charge < -0.3 is 9.84 Å². The Bertz CT molecular complexity index is 424. The van der Waals surface area contributed by atoms with Gasteiger partial charge in [-0.1, -0.05) is 5.16 Å². The lowest BCUT2D eigenvalue weighted by atomic mass is 10.3. The van der Waals surface area contributed by atoms with Crippen molar-refractivity contribution in [1.82, 2.24) is 5.16 Å². The molecule has 2 aromatic heterocycles. The molecular formula is C9H9BrN2OS. The van der Waals surface area contributed by atoms with Crippen molar-refractivity contribution >= 4 is 33.1 Å². The van der Waals surface area contributed by atoms with Gasteiger partial charge in [0.2, 0.25) is 0 Å². The van der Waals surface area contributed by atoms with Crippen LogP contribution < -0.4 is 5.32 Å². The van der Waals surface area contributed by atoms with Crippen LogP contribution in [0.2, 0.25) is 0 Å². The Morgan fingerprint density at radius 1 is 1.64 bits per heavy atom. The molecule has 2 heterocycles. The molecule has 14 heavy (non-hydrogen) atoms. The Morgan fingerprint density at radius 3 is 3.07 bits per heavy atom. The highest BCUT2D eigenvalue weighted by Crippen LogP contribution is 2.21. The van der Waals surface area contributed by atoms with E-state index in [1.54, 1.807) is 17.6 Å². The summed E-state index contributed by atoms with van der Waals surface area (Å²) in [6.07, 6.45) is 1.63. The van der Waals surface area contributed by atoms with Crippen LogP contribution in [0.25, 0.3) is 0 Å². The number of anilines is 1. The molecule has 0 aliphatic carbocycles. The van der Waals surface area contributed by atoms with Crippen molar-refractivity contribution in [1.29, 1.82) is 0 Å². The van der Waals surface area contributed by atoms with E-state index in [1.807, 2.05) is 6.92 Å². The first-order valence-electron chi connectivity index (χ1n) is 4.13. The summed E-state index contributed by atoms with van der Waals surface area (Å²) >= 11 is 5.10. The van der Waals surface area contributed by atoms with Crippen LogP contribution in [0.4, 0.5) is 5.82 Å². The van der Waals surface area contributed by atoms with Gasteiger partial charge in [0.15, 0.2) is 5.82 Å². The van der Waals surface area contributed by atoms with E-state index in [4.69, 9.17) is 4.52 Å². The van der Waals surface area contributed by atoms with E-state index in [2.05, 4.69) is 37.8 Å². The number of halogens is 1. The van der Waals surface area contributed by atoms with E-state index >= 15 is 0 Å². The molecule has 0 spiro atoms. The van der Waals surface area contributed by atoms with Crippen molar-refractivity contribution in [3.05, 3.63) is 32.6 Å². The number of thiophene rings is 1. The zero-order valence-electron chi connectivity index (χ0n) is 7.58. The highest BCUT2D eigenvalue weighted by atomic mass is 79.9. The fourth-order valence-corrected chi connectivity index (χ4v) is 2.29. The normalized spacial score (nSPS) is 10.4. The molecule has 0 aliphatic heterocycles. The Kier molecular flexibility index (Phi) is 2.88. The van der Waals surface area contributed by atoms with Gasteiger partial charge in [0.1, 0.15) is 6.26 Å². The fraction of sp³-hybridized carbons (Fsp3) is 0.222. The lowest BCUT2D eigenvalue weighted by Crippen LogP contribution is -1.99. The summed E-state index contributed by atoms with van der Waals surface area (Å²) in [6.45, 7) is 2.73. The summed E-state index contributed by atoms with van der Waals surface area (Å²) in [7, 11) is 0. The van der Waals surface area contributed by atoms with Gasteiger partial charge in [-0.05, 0) is 39.9 Å². The topological polar surface area (TPSA) is 38.1 Å². The third-order valence-corrected chi connectivity index (χ3v) is 3.38. The highest BCUT2D eigenvalue weighted by molar-refractivity contribution is 9.11. The molecule has 0 unspecified atom stereocenters. The van der Waals surface area contributed by atoms with Crippen LogP contribution in [0.3, 0.4) is 0 Å². The Balaban J connectivity index is 1.98. The smallest absolute Gasteiger partial charge is 0.172 e. The minimum absolute atomic E-state index is 0.773. The molecule has 0 saturated heterocycles. The molecule has 0 fully saturated rings. The van der Waals surface area contributed by atoms with Crippen molar-refractivity contribution in [3.8, 4) is 0 Å². The maximum atomic E-state index is 4.82. The van der Waals surface area contributed by atoms with Crippen molar-refractivity contribution in [2.24, 2.45) is 0 Å². The molecular weight excluding hydrogens is 264 g/mol. The molecule has 0 saturated carbocycles. The third-order valence-electron chi connectivity index (χ3n) is 1.83. The zero-order chi connectivity index (χ0) is 9.97. The van der Waals surface area contributed by atoms with Crippen LogP contribution in [0.15, 0.2) is 26.0 Å². The average molecular weight is 273 g/mol. The standard InChI is InChI=1S/C9H9BrN2OS/c1-6-4-13-12-9(6)11-3-7-2-8(10)14-5-7/h2,4-5H,3H2,1H3,(H,11,12). The number of hydrogen-bond donors (Lipinski definition) is 1. The van der Waals surface area contributed by atoms with Gasteiger partial charge in [0, 0.05) is 12.1 Å². The predicted molar refractivity (Wildman–Crippen MR) is 60.6 cm³/mol. The van der Waals surface area contributed by atoms with Crippen molar-refractivity contribution < 1.29 is 4.52 Å². The molecule has 0 amide bonds. The molecule has 2 aromatic rings. The van der Waals surface area contributed by atoms with Crippen LogP contribution in [0.1, 0.15) is 11.1 Å². The van der Waals surface area contributed by atoms with Gasteiger partial charge in [0.05, 0.1) is 3.79 Å². The number of aryl methyl sites for hydroxylation is 1. The second-order valence-electron chi connectivity index (χ2n) is 2.96. The number of nitrogens with one attached hydrogen (secondary N) is 1. The first-order chi connectivity index (χ1) is 6.75. The van der Waals surface area contributed by atoms with Crippen LogP contribution in [-0.4, -0.2) is 5.16 Å². The van der Waals surface area contributed by atoms with Gasteiger partial charge in [-0.3, -0.25) is 0 Å². The molecule has 0 radical (unpaired) electrons. The summed E-state index contributed by atoms with van der Waals surface area (Å²) in [6, 6.07) is 2.09. The van der Waals surface area contributed by atoms with E-state index in [9.17, 15) is 0 Å². The van der Waals surface area contributed by atoms with E-state index in [0.29, 0.717) is 0 Å². The molecule has 0 atom stereocenters. The molecule has 5 heteroatoms. The third kappa shape index (κ3) is 2.16. The molecule has 3 nitrogen and oxygen atoms in total. The summed E-state index contributed by atoms with van der Waals surface area (Å²) < 4.78 is 5.96. The summed E-state index contributed by atoms with van der Waals surface area (Å²) in [5.74, 6) is 0.812. The van der Waals surface area contributed by atoms with E-state index in [0.717, 1.165) is 21.7 Å². The summed E-state index contributed by atoms with van der Waals surface area (Å²) in [5, 5.41) is 9.15. The van der Waals surface area contributed by atoms with Gasteiger partial charge in [-0.15, -0.1) is 11.3 Å². The molecule has 0 bridgehead atoms. The van der Waals surface area contributed by atoms with E-state index in [1.165, 1.54) is 5.56 Å². The maximum absolute atomic E-state index is 4.82. The average Bonchev–Trinajstić information content (AvgIpc) is 2.72. The summed E-state index contributed by atoms with van der Waals surface area (Å²) in [4.78, 5) is 0. The largest absolute Gasteiger partial charge is 0.363 e. The van der Waals surface area contributed by atoms with Crippen molar-refractivity contribution in [2.75, 3.05) is 5.32 Å². The number of aromatic nitrogens is 1. The van der Waals surface area contributed by atoms with Crippen molar-refractivity contribution in [2.45, 2.75) is 13.5 Å². The van der Waals surface area contributed by atoms with E-state index in [-0.39, 0.29) is 0 Å². The first kappa shape index (κ1) is 9.73. The highest BCUT2D eigenvalue weighted by Gasteiger charge is 2.02. The van der Waals surface area contributed by atoms with Gasteiger partial charge in [-0.2, -0.15) is 0 Å². The predicted octanol–water partition coefficient (Wildman–Crippen LogP) is 3.42. The molecule has 0 aliphatic rings. The minimum Gasteiger partial charge on any atom is -0.363 e. The minimum atomic E-state index is 0.773. The Labute approximate surface area is 94.2 Å². The first-order valence-corrected chi connectivity index (χ1v) is 5.81. The molecule has 2 rings (SSSR count). The molecule has 74 valence electrons. The van der Waals surface area contributed by atoms with Gasteiger partial charge in [-0.25, -0.2) is 0 Å². The quantitative estimate of drug-likeness (QED) is 0.931. The fourth-order valence-electron chi connectivity index (χ4n) is 1.08. The van der Waals surface area contributed by atoms with Gasteiger partial charge >= 0.3 is 0 Å². The Hall–Kier alpha value is -0.810. The number of nitrogens with zero attached hydrogens (tertiary/aromatic N) is 1. The lowest BCUT2D eigenvalue weighted by molar-refractivity contribution is 0.421. The summed E-state index contributed by atoms with van der Waals surface area (Å²) in [5.41, 5.74) is 2.27. The maximum Gasteiger partial charge on any atom is 0.172 e. The van der Waals surface area contributed by atoms with Crippen LogP contribution in [0.5, 0.6) is 0 Å². The lowest BCUT2D eigenvalue weighted by Gasteiger charge is -1.99. The van der Waals surface area contributed by atoms with Crippen molar-refractivity contribution in [3.63, 3.8) is 0 Å². The Morgan fingerprint density at radius 2 is 2.50 bits per heavy atom. The van der Waals surface area contributed by atoms with Crippen LogP contribution in [-0.2, 0) is 6.54 Å². The van der Waals surface area contributed by atoms with Crippen LogP contribution >= 0.6 is 27.3 Å². The van der Waals surface area contributed by atoms with E-state index < -0.39 is 0 Å². The van der Waals surface area contributed by atoms with Crippen LogP contribution in [0, 0.1) is 6.92 Å². The number of rotatable bonds is 3. The molecule has 0 aromatic carbocycles. The SMILES string of the molecule is Cc1conc1NCc1csc(Br)c1. The molecule has 1 N–H and O–H groups in total. The second-order valence-corrected chi connectivity index (χ2v) is 5.25. The van der Waals surface area contributed by atoms with Gasteiger partial charge in [0.25, 0.3) is 0 Å².